The van der Waals surface area contributed by atoms with Gasteiger partial charge in [0.15, 0.2) is 5.82 Å². The number of nitrogens with one attached hydrogen (secondary N) is 2. The molecule has 2 aliphatic carbocycles. The number of nitrogens with zero attached hydrogens (tertiary/aromatic N) is 4. The number of likely N-dealkylation sites (N-methyl/N-ethyl adjacent to an activating group) is 1. The zero-order valence-electron chi connectivity index (χ0n) is 20.9. The number of hydrogen-bond acceptors (Lipinski definition) is 10. The molecule has 1 spiro atoms. The fourth-order valence-electron chi connectivity index (χ4n) is 5.93. The van der Waals surface area contributed by atoms with E-state index in [0.29, 0.717) is 43.0 Å². The van der Waals surface area contributed by atoms with Gasteiger partial charge in [-0.15, -0.1) is 0 Å². The van der Waals surface area contributed by atoms with E-state index >= 15 is 0 Å². The largest absolute Gasteiger partial charge is 0.511 e. The van der Waals surface area contributed by atoms with Gasteiger partial charge in [-0.25, -0.2) is 9.97 Å². The van der Waals surface area contributed by atoms with Crippen molar-refractivity contribution in [2.45, 2.75) is 76.9 Å². The van der Waals surface area contributed by atoms with Crippen LogP contribution in [-0.2, 0) is 4.79 Å². The van der Waals surface area contributed by atoms with Crippen molar-refractivity contribution >= 4 is 23.3 Å². The standard InChI is InChI=1S/C26H34N6O4/c1-16(18-8-6-13-32(18)2)36-21-15-20(30-25-28-12-14-35-25)29-24(31-21)22(27)17-7-5-11-26(23(17)34)10-4-3-9-19(26)33/h12,14-16,18,27,34H,3-11,13H2,1-2H3,(H,28,29,30,31)/t16-,18-,26+/m0/s1. The molecule has 0 aromatic carbocycles. The number of Topliss-reactive ketones (excluding diaryl/α,β-unsaturated/α-hetero) is 1. The lowest BCUT2D eigenvalue weighted by Gasteiger charge is -2.39. The van der Waals surface area contributed by atoms with Crippen LogP contribution in [0.3, 0.4) is 0 Å². The second-order valence-corrected chi connectivity index (χ2v) is 10.2. The molecule has 5 rings (SSSR count). The first-order valence-electron chi connectivity index (χ1n) is 12.8. The van der Waals surface area contributed by atoms with E-state index in [1.165, 1.54) is 12.5 Å². The Morgan fingerprint density at radius 3 is 2.83 bits per heavy atom. The Kier molecular flexibility index (Phi) is 6.79. The Labute approximate surface area is 210 Å². The predicted octanol–water partition coefficient (Wildman–Crippen LogP) is 4.56. The van der Waals surface area contributed by atoms with E-state index in [-0.39, 0.29) is 41.2 Å². The number of ketones is 1. The molecular formula is C26H34N6O4. The van der Waals surface area contributed by atoms with Crippen molar-refractivity contribution in [2.75, 3.05) is 18.9 Å². The predicted molar refractivity (Wildman–Crippen MR) is 134 cm³/mol. The molecule has 2 aromatic rings. The molecular weight excluding hydrogens is 460 g/mol. The van der Waals surface area contributed by atoms with Crippen LogP contribution >= 0.6 is 0 Å². The van der Waals surface area contributed by atoms with Crippen molar-refractivity contribution in [2.24, 2.45) is 5.41 Å². The van der Waals surface area contributed by atoms with E-state index in [2.05, 4.69) is 32.2 Å². The molecule has 1 aliphatic heterocycles. The Bertz CT molecular complexity index is 1160. The van der Waals surface area contributed by atoms with Crippen LogP contribution in [0.15, 0.2) is 34.3 Å². The average Bonchev–Trinajstić information content (AvgIpc) is 3.53. The van der Waals surface area contributed by atoms with Crippen LogP contribution in [0.4, 0.5) is 11.8 Å². The summed E-state index contributed by atoms with van der Waals surface area (Å²) in [6.07, 6.45) is 9.74. The molecule has 3 heterocycles. The van der Waals surface area contributed by atoms with Gasteiger partial charge in [-0.2, -0.15) is 4.98 Å². The highest BCUT2D eigenvalue weighted by atomic mass is 16.5. The van der Waals surface area contributed by atoms with E-state index in [4.69, 9.17) is 14.6 Å². The third-order valence-corrected chi connectivity index (χ3v) is 7.88. The summed E-state index contributed by atoms with van der Waals surface area (Å²) in [5.41, 5.74) is -0.414. The molecule has 0 unspecified atom stereocenters. The third-order valence-electron chi connectivity index (χ3n) is 7.88. The maximum absolute atomic E-state index is 12.9. The van der Waals surface area contributed by atoms with Crippen LogP contribution in [0.5, 0.6) is 5.88 Å². The molecule has 3 N–H and O–H groups in total. The number of rotatable bonds is 7. The molecule has 0 amide bonds. The number of likely N-dealkylation sites (tertiary alicyclic amines) is 1. The van der Waals surface area contributed by atoms with Crippen molar-refractivity contribution < 1.29 is 19.1 Å². The number of oxazole rings is 1. The second kappa shape index (κ2) is 10.0. The van der Waals surface area contributed by atoms with Gasteiger partial charge in [-0.1, -0.05) is 6.42 Å². The summed E-state index contributed by atoms with van der Waals surface area (Å²) in [4.78, 5) is 28.4. The van der Waals surface area contributed by atoms with E-state index in [0.717, 1.165) is 38.6 Å². The van der Waals surface area contributed by atoms with Gasteiger partial charge in [0.25, 0.3) is 6.01 Å². The van der Waals surface area contributed by atoms with E-state index in [9.17, 15) is 9.90 Å². The summed E-state index contributed by atoms with van der Waals surface area (Å²) in [6, 6.07) is 2.19. The minimum Gasteiger partial charge on any atom is -0.511 e. The monoisotopic (exact) mass is 494 g/mol. The van der Waals surface area contributed by atoms with Crippen LogP contribution in [0.25, 0.3) is 0 Å². The summed E-state index contributed by atoms with van der Waals surface area (Å²) in [5.74, 6) is 0.923. The number of ether oxygens (including phenoxy) is 1. The Hall–Kier alpha value is -3.27. The minimum absolute atomic E-state index is 0.0106. The van der Waals surface area contributed by atoms with Crippen molar-refractivity contribution in [1.82, 2.24) is 19.9 Å². The molecule has 2 aromatic heterocycles. The minimum atomic E-state index is -0.868. The van der Waals surface area contributed by atoms with Crippen LogP contribution < -0.4 is 10.1 Å². The maximum Gasteiger partial charge on any atom is 0.300 e. The Balaban J connectivity index is 1.48. The van der Waals surface area contributed by atoms with Crippen LogP contribution in [0, 0.1) is 10.8 Å². The summed E-state index contributed by atoms with van der Waals surface area (Å²) in [7, 11) is 2.09. The van der Waals surface area contributed by atoms with Crippen molar-refractivity contribution in [3.05, 3.63) is 35.7 Å². The number of carbonyl (C=O) groups excluding carboxylic acids is 1. The van der Waals surface area contributed by atoms with Gasteiger partial charge in [0.1, 0.15) is 35.4 Å². The molecule has 1 saturated heterocycles. The normalized spacial score (nSPS) is 25.8. The van der Waals surface area contributed by atoms with E-state index in [1.807, 2.05) is 6.92 Å². The van der Waals surface area contributed by atoms with Crippen molar-refractivity contribution in [3.63, 3.8) is 0 Å². The molecule has 10 heteroatoms. The maximum atomic E-state index is 12.9. The fourth-order valence-corrected chi connectivity index (χ4v) is 5.93. The fraction of sp³-hybridized carbons (Fsp3) is 0.577. The molecule has 0 radical (unpaired) electrons. The first-order chi connectivity index (χ1) is 17.4. The summed E-state index contributed by atoms with van der Waals surface area (Å²) in [6.45, 7) is 3.05. The smallest absolute Gasteiger partial charge is 0.300 e. The summed E-state index contributed by atoms with van der Waals surface area (Å²) >= 11 is 0. The van der Waals surface area contributed by atoms with Gasteiger partial charge in [-0.3, -0.25) is 20.4 Å². The zero-order chi connectivity index (χ0) is 25.3. The van der Waals surface area contributed by atoms with Crippen LogP contribution in [0.2, 0.25) is 0 Å². The number of aromatic nitrogens is 3. The van der Waals surface area contributed by atoms with Crippen LogP contribution in [0.1, 0.15) is 70.5 Å². The van der Waals surface area contributed by atoms with E-state index in [1.54, 1.807) is 6.07 Å². The number of aliphatic hydroxyl groups is 1. The highest BCUT2D eigenvalue weighted by molar-refractivity contribution is 6.09. The first kappa shape index (κ1) is 24.4. The lowest BCUT2D eigenvalue weighted by molar-refractivity contribution is -0.131. The van der Waals surface area contributed by atoms with Gasteiger partial charge < -0.3 is 14.3 Å². The number of allylic oxidation sites excluding steroid dienone is 2. The molecule has 3 atom stereocenters. The molecule has 10 nitrogen and oxygen atoms in total. The van der Waals surface area contributed by atoms with Crippen LogP contribution in [-0.4, -0.2) is 62.2 Å². The molecule has 2 fully saturated rings. The van der Waals surface area contributed by atoms with Gasteiger partial charge in [0.05, 0.1) is 11.6 Å². The molecule has 3 aliphatic rings. The van der Waals surface area contributed by atoms with Gasteiger partial charge in [0, 0.05) is 24.1 Å². The highest BCUT2D eigenvalue weighted by Crippen LogP contribution is 2.48. The van der Waals surface area contributed by atoms with Gasteiger partial charge in [-0.05, 0) is 65.5 Å². The molecule has 192 valence electrons. The first-order valence-corrected chi connectivity index (χ1v) is 12.8. The lowest BCUT2D eigenvalue weighted by atomic mass is 9.64. The Morgan fingerprint density at radius 1 is 1.28 bits per heavy atom. The zero-order valence-corrected chi connectivity index (χ0v) is 20.9. The Morgan fingerprint density at radius 2 is 2.11 bits per heavy atom. The SMILES string of the molecule is C[C@H](Oc1cc(Nc2ncco2)nc(C(=N)C2=C(O)[C@]3(CCCCC3=O)CCC2)n1)[C@@H]1CCCN1C. The lowest BCUT2D eigenvalue weighted by Crippen LogP contribution is -2.39. The summed E-state index contributed by atoms with van der Waals surface area (Å²) in [5, 5.41) is 23.3. The highest BCUT2D eigenvalue weighted by Gasteiger charge is 2.47. The second-order valence-electron chi connectivity index (χ2n) is 10.2. The van der Waals surface area contributed by atoms with Gasteiger partial charge >= 0.3 is 0 Å². The average molecular weight is 495 g/mol. The quantitative estimate of drug-likeness (QED) is 0.473. The number of aliphatic hydroxyl groups excluding tert-OH is 1. The van der Waals surface area contributed by atoms with E-state index < -0.39 is 5.41 Å². The number of anilines is 2. The molecule has 1 saturated carbocycles. The topological polar surface area (TPSA) is 137 Å². The molecule has 0 bridgehead atoms. The molecule has 36 heavy (non-hydrogen) atoms. The number of hydrogen-bond donors (Lipinski definition) is 3. The third kappa shape index (κ3) is 4.61. The van der Waals surface area contributed by atoms with Gasteiger partial charge in [0.2, 0.25) is 5.88 Å². The number of carbonyl (C=O) groups is 1. The van der Waals surface area contributed by atoms with Crippen molar-refractivity contribution in [3.8, 4) is 5.88 Å². The van der Waals surface area contributed by atoms with Crippen molar-refractivity contribution in [1.29, 1.82) is 5.41 Å². The summed E-state index contributed by atoms with van der Waals surface area (Å²) < 4.78 is 11.6.